The Morgan fingerprint density at radius 2 is 2.00 bits per heavy atom. The highest BCUT2D eigenvalue weighted by Gasteiger charge is 2.19. The standard InChI is InChI=1S/C15H22N6O4S/c1-5-13(14-16-10(2)19-25-14)18-15(22)17-11-7-6-8-12(9-11)20-26(23,24)21(3)4/h6-9,13,20H,5H2,1-4H3,(H2,17,18,22)/t13-/m1/s1. The first-order valence-electron chi connectivity index (χ1n) is 7.89. The lowest BCUT2D eigenvalue weighted by molar-refractivity contribution is 0.243. The van der Waals surface area contributed by atoms with E-state index in [2.05, 4.69) is 25.5 Å². The number of carbonyl (C=O) groups excluding carboxylic acids is 1. The van der Waals surface area contributed by atoms with Crippen LogP contribution in [0.3, 0.4) is 0 Å². The molecule has 0 saturated heterocycles. The van der Waals surface area contributed by atoms with Crippen LogP contribution in [0.2, 0.25) is 0 Å². The fourth-order valence-electron chi connectivity index (χ4n) is 2.02. The third-order valence-corrected chi connectivity index (χ3v) is 4.86. The molecular formula is C15H22N6O4S. The Balaban J connectivity index is 2.03. The van der Waals surface area contributed by atoms with E-state index in [0.29, 0.717) is 29.5 Å². The van der Waals surface area contributed by atoms with Crippen LogP contribution in [0.1, 0.15) is 31.1 Å². The predicted molar refractivity (Wildman–Crippen MR) is 96.9 cm³/mol. The molecule has 0 aliphatic carbocycles. The Hall–Kier alpha value is -2.66. The van der Waals surface area contributed by atoms with E-state index in [0.717, 1.165) is 4.31 Å². The van der Waals surface area contributed by atoms with Crippen LogP contribution in [-0.2, 0) is 10.2 Å². The summed E-state index contributed by atoms with van der Waals surface area (Å²) in [6, 6.07) is 5.47. The molecule has 11 heteroatoms. The molecule has 1 heterocycles. The first-order valence-corrected chi connectivity index (χ1v) is 9.33. The molecule has 0 spiro atoms. The molecule has 0 unspecified atom stereocenters. The molecule has 10 nitrogen and oxygen atoms in total. The van der Waals surface area contributed by atoms with Gasteiger partial charge in [-0.05, 0) is 31.5 Å². The van der Waals surface area contributed by atoms with Crippen LogP contribution in [0.15, 0.2) is 28.8 Å². The fourth-order valence-corrected chi connectivity index (χ4v) is 2.63. The average Bonchev–Trinajstić information content (AvgIpc) is 2.98. The van der Waals surface area contributed by atoms with Crippen molar-refractivity contribution in [1.29, 1.82) is 0 Å². The molecular weight excluding hydrogens is 360 g/mol. The number of carbonyl (C=O) groups is 1. The van der Waals surface area contributed by atoms with Gasteiger partial charge in [0.2, 0.25) is 5.89 Å². The molecule has 2 rings (SSSR count). The van der Waals surface area contributed by atoms with Crippen molar-refractivity contribution in [2.45, 2.75) is 26.3 Å². The highest BCUT2D eigenvalue weighted by atomic mass is 32.2. The predicted octanol–water partition coefficient (Wildman–Crippen LogP) is 1.87. The molecule has 0 aliphatic heterocycles. The summed E-state index contributed by atoms with van der Waals surface area (Å²) in [7, 11) is -0.788. The summed E-state index contributed by atoms with van der Waals surface area (Å²) in [6.45, 7) is 3.57. The van der Waals surface area contributed by atoms with Crippen molar-refractivity contribution in [3.05, 3.63) is 36.0 Å². The molecule has 2 aromatic rings. The Morgan fingerprint density at radius 3 is 2.58 bits per heavy atom. The monoisotopic (exact) mass is 382 g/mol. The van der Waals surface area contributed by atoms with Gasteiger partial charge in [-0.3, -0.25) is 4.72 Å². The molecule has 26 heavy (non-hydrogen) atoms. The molecule has 1 aromatic carbocycles. The third kappa shape index (κ3) is 5.17. The van der Waals surface area contributed by atoms with Gasteiger partial charge in [-0.1, -0.05) is 18.1 Å². The van der Waals surface area contributed by atoms with E-state index in [-0.39, 0.29) is 0 Å². The maximum Gasteiger partial charge on any atom is 0.319 e. The SMILES string of the molecule is CC[C@@H](NC(=O)Nc1cccc(NS(=O)(=O)N(C)C)c1)c1nc(C)no1. The summed E-state index contributed by atoms with van der Waals surface area (Å²) < 4.78 is 32.3. The van der Waals surface area contributed by atoms with E-state index in [1.54, 1.807) is 25.1 Å². The molecule has 1 atom stereocenters. The molecule has 142 valence electrons. The summed E-state index contributed by atoms with van der Waals surface area (Å²) in [6.07, 6.45) is 0.567. The van der Waals surface area contributed by atoms with Gasteiger partial charge in [0, 0.05) is 19.8 Å². The maximum absolute atomic E-state index is 12.2. The van der Waals surface area contributed by atoms with Gasteiger partial charge in [0.1, 0.15) is 6.04 Å². The average molecular weight is 382 g/mol. The Morgan fingerprint density at radius 1 is 1.31 bits per heavy atom. The second-order valence-corrected chi connectivity index (χ2v) is 7.59. The number of hydrogen-bond donors (Lipinski definition) is 3. The summed E-state index contributed by atoms with van der Waals surface area (Å²) >= 11 is 0. The zero-order valence-electron chi connectivity index (χ0n) is 15.0. The minimum atomic E-state index is -3.63. The van der Waals surface area contributed by atoms with E-state index in [9.17, 15) is 13.2 Å². The van der Waals surface area contributed by atoms with Gasteiger partial charge >= 0.3 is 16.2 Å². The van der Waals surface area contributed by atoms with E-state index in [1.165, 1.54) is 20.2 Å². The normalized spacial score (nSPS) is 12.7. The molecule has 2 amide bonds. The summed E-state index contributed by atoms with van der Waals surface area (Å²) in [5, 5.41) is 9.10. The van der Waals surface area contributed by atoms with Crippen molar-refractivity contribution >= 4 is 27.6 Å². The van der Waals surface area contributed by atoms with Crippen LogP contribution < -0.4 is 15.4 Å². The quantitative estimate of drug-likeness (QED) is 0.670. The van der Waals surface area contributed by atoms with Crippen LogP contribution >= 0.6 is 0 Å². The van der Waals surface area contributed by atoms with Gasteiger partial charge in [-0.2, -0.15) is 17.7 Å². The van der Waals surface area contributed by atoms with Gasteiger partial charge in [0.25, 0.3) is 0 Å². The summed E-state index contributed by atoms with van der Waals surface area (Å²) in [5.74, 6) is 0.814. The van der Waals surface area contributed by atoms with Gasteiger partial charge < -0.3 is 15.2 Å². The van der Waals surface area contributed by atoms with Crippen molar-refractivity contribution in [2.75, 3.05) is 24.1 Å². The Bertz CT molecular complexity index is 865. The number of amides is 2. The van der Waals surface area contributed by atoms with Crippen molar-refractivity contribution in [2.24, 2.45) is 0 Å². The first-order chi connectivity index (χ1) is 12.2. The van der Waals surface area contributed by atoms with E-state index < -0.39 is 22.3 Å². The third-order valence-electron chi connectivity index (χ3n) is 3.40. The highest BCUT2D eigenvalue weighted by molar-refractivity contribution is 7.90. The molecule has 0 radical (unpaired) electrons. The molecule has 0 saturated carbocycles. The van der Waals surface area contributed by atoms with Crippen LogP contribution in [0.4, 0.5) is 16.2 Å². The minimum absolute atomic E-state index is 0.327. The topological polar surface area (TPSA) is 129 Å². The van der Waals surface area contributed by atoms with E-state index in [4.69, 9.17) is 4.52 Å². The summed E-state index contributed by atoms with van der Waals surface area (Å²) in [5.41, 5.74) is 0.758. The van der Waals surface area contributed by atoms with E-state index >= 15 is 0 Å². The second-order valence-electron chi connectivity index (χ2n) is 5.71. The number of nitrogens with zero attached hydrogens (tertiary/aromatic N) is 3. The van der Waals surface area contributed by atoms with Crippen LogP contribution in [-0.4, -0.2) is 43.0 Å². The fraction of sp³-hybridized carbons (Fsp3) is 0.400. The number of benzene rings is 1. The largest absolute Gasteiger partial charge is 0.337 e. The van der Waals surface area contributed by atoms with Gasteiger partial charge in [0.15, 0.2) is 5.82 Å². The molecule has 1 aromatic heterocycles. The van der Waals surface area contributed by atoms with E-state index in [1.807, 2.05) is 6.92 Å². The molecule has 0 aliphatic rings. The first kappa shape index (κ1) is 19.7. The number of rotatable bonds is 7. The Labute approximate surface area is 152 Å². The van der Waals surface area contributed by atoms with Gasteiger partial charge in [-0.25, -0.2) is 4.79 Å². The van der Waals surface area contributed by atoms with Crippen molar-refractivity contribution in [1.82, 2.24) is 19.8 Å². The van der Waals surface area contributed by atoms with Crippen molar-refractivity contribution < 1.29 is 17.7 Å². The van der Waals surface area contributed by atoms with Crippen LogP contribution in [0.25, 0.3) is 0 Å². The number of aryl methyl sites for hydroxylation is 1. The Kier molecular flexibility index (Phi) is 6.16. The number of nitrogens with one attached hydrogen (secondary N) is 3. The van der Waals surface area contributed by atoms with Crippen LogP contribution in [0.5, 0.6) is 0 Å². The lowest BCUT2D eigenvalue weighted by atomic mass is 10.2. The highest BCUT2D eigenvalue weighted by Crippen LogP contribution is 2.18. The molecule has 0 fully saturated rings. The van der Waals surface area contributed by atoms with Gasteiger partial charge in [0.05, 0.1) is 5.69 Å². The lowest BCUT2D eigenvalue weighted by Crippen LogP contribution is -2.32. The maximum atomic E-state index is 12.2. The number of aromatic nitrogens is 2. The zero-order valence-corrected chi connectivity index (χ0v) is 15.8. The van der Waals surface area contributed by atoms with Crippen molar-refractivity contribution in [3.63, 3.8) is 0 Å². The molecule has 0 bridgehead atoms. The smallest absolute Gasteiger partial charge is 0.319 e. The number of hydrogen-bond acceptors (Lipinski definition) is 6. The van der Waals surface area contributed by atoms with Gasteiger partial charge in [-0.15, -0.1) is 0 Å². The number of urea groups is 1. The zero-order chi connectivity index (χ0) is 19.3. The lowest BCUT2D eigenvalue weighted by Gasteiger charge is -2.15. The van der Waals surface area contributed by atoms with Crippen molar-refractivity contribution in [3.8, 4) is 0 Å². The minimum Gasteiger partial charge on any atom is -0.337 e. The second kappa shape index (κ2) is 8.15. The summed E-state index contributed by atoms with van der Waals surface area (Å²) in [4.78, 5) is 16.3. The van der Waals surface area contributed by atoms with Crippen LogP contribution in [0, 0.1) is 6.92 Å². The molecule has 3 N–H and O–H groups in total. The number of anilines is 2.